The summed E-state index contributed by atoms with van der Waals surface area (Å²) in [5.74, 6) is 0.00746. The van der Waals surface area contributed by atoms with E-state index < -0.39 is 11.5 Å². The molecule has 22 heavy (non-hydrogen) atoms. The van der Waals surface area contributed by atoms with Crippen molar-refractivity contribution >= 4 is 11.8 Å². The molecule has 1 atom stereocenters. The lowest BCUT2D eigenvalue weighted by Gasteiger charge is -2.38. The second-order valence-corrected chi connectivity index (χ2v) is 5.86. The van der Waals surface area contributed by atoms with Crippen molar-refractivity contribution in [2.45, 2.75) is 32.5 Å². The lowest BCUT2D eigenvalue weighted by molar-refractivity contribution is -0.150. The van der Waals surface area contributed by atoms with Crippen LogP contribution < -0.4 is 10.5 Å². The zero-order valence-electron chi connectivity index (χ0n) is 13.2. The fraction of sp³-hybridized carbons (Fsp3) is 0.500. The first-order chi connectivity index (χ1) is 10.3. The highest BCUT2D eigenvalue weighted by Gasteiger charge is 2.39. The summed E-state index contributed by atoms with van der Waals surface area (Å²) >= 11 is 0. The van der Waals surface area contributed by atoms with Crippen LogP contribution in [0, 0.1) is 0 Å². The van der Waals surface area contributed by atoms with Crippen LogP contribution in [0.15, 0.2) is 24.3 Å². The van der Waals surface area contributed by atoms with E-state index >= 15 is 0 Å². The predicted octanol–water partition coefficient (Wildman–Crippen LogP) is 1.19. The summed E-state index contributed by atoms with van der Waals surface area (Å²) in [4.78, 5) is 25.6. The number of carbonyl (C=O) groups is 2. The highest BCUT2D eigenvalue weighted by Crippen LogP contribution is 2.20. The fourth-order valence-corrected chi connectivity index (χ4v) is 2.32. The molecule has 0 bridgehead atoms. The number of hydrogen-bond donors (Lipinski definition) is 1. The minimum Gasteiger partial charge on any atom is -0.491 e. The summed E-state index contributed by atoms with van der Waals surface area (Å²) in [7, 11) is 0. The van der Waals surface area contributed by atoms with Crippen molar-refractivity contribution in [1.29, 1.82) is 0 Å². The number of ether oxygens (including phenoxy) is 2. The number of benzene rings is 1. The van der Waals surface area contributed by atoms with E-state index in [1.165, 1.54) is 0 Å². The van der Waals surface area contributed by atoms with Gasteiger partial charge >= 0.3 is 0 Å². The average molecular weight is 306 g/mol. The van der Waals surface area contributed by atoms with Crippen molar-refractivity contribution in [2.75, 3.05) is 19.7 Å². The van der Waals surface area contributed by atoms with Gasteiger partial charge in [0.05, 0.1) is 19.3 Å². The van der Waals surface area contributed by atoms with E-state index in [0.717, 1.165) is 5.75 Å². The molecule has 1 aromatic carbocycles. The minimum atomic E-state index is -1.13. The maximum absolute atomic E-state index is 12.5. The summed E-state index contributed by atoms with van der Waals surface area (Å²) < 4.78 is 11.0. The maximum Gasteiger partial charge on any atom is 0.254 e. The molecule has 2 rings (SSSR count). The van der Waals surface area contributed by atoms with Crippen LogP contribution >= 0.6 is 0 Å². The molecule has 1 saturated heterocycles. The van der Waals surface area contributed by atoms with E-state index in [1.54, 1.807) is 36.1 Å². The van der Waals surface area contributed by atoms with Crippen molar-refractivity contribution < 1.29 is 19.1 Å². The van der Waals surface area contributed by atoms with E-state index in [-0.39, 0.29) is 18.6 Å². The number of morpholine rings is 1. The van der Waals surface area contributed by atoms with Crippen molar-refractivity contribution in [3.8, 4) is 5.75 Å². The number of carbonyl (C=O) groups excluding carboxylic acids is 2. The summed E-state index contributed by atoms with van der Waals surface area (Å²) in [5.41, 5.74) is 4.77. The van der Waals surface area contributed by atoms with Gasteiger partial charge in [-0.05, 0) is 45.0 Å². The highest BCUT2D eigenvalue weighted by molar-refractivity contribution is 5.95. The van der Waals surface area contributed by atoms with Crippen LogP contribution in [0.2, 0.25) is 0 Å². The Morgan fingerprint density at radius 2 is 1.95 bits per heavy atom. The molecule has 0 radical (unpaired) electrons. The van der Waals surface area contributed by atoms with Crippen LogP contribution in [0.5, 0.6) is 5.75 Å². The van der Waals surface area contributed by atoms with Crippen LogP contribution in [0.25, 0.3) is 0 Å². The van der Waals surface area contributed by atoms with Gasteiger partial charge in [0.15, 0.2) is 5.60 Å². The molecule has 0 unspecified atom stereocenters. The Balaban J connectivity index is 2.09. The standard InChI is InChI=1S/C16H22N2O4/c1-11(2)22-13-6-4-12(5-7-13)14(19)18-8-9-21-16(3,10-18)15(17)20/h4-7,11H,8-10H2,1-3H3,(H2,17,20)/t16-/m1/s1. The Morgan fingerprint density at radius 3 is 2.50 bits per heavy atom. The molecule has 6 heteroatoms. The first kappa shape index (κ1) is 16.3. The predicted molar refractivity (Wildman–Crippen MR) is 81.7 cm³/mol. The van der Waals surface area contributed by atoms with Gasteiger partial charge in [-0.15, -0.1) is 0 Å². The molecular weight excluding hydrogens is 284 g/mol. The lowest BCUT2D eigenvalue weighted by Crippen LogP contribution is -2.58. The number of rotatable bonds is 4. The average Bonchev–Trinajstić information content (AvgIpc) is 2.46. The van der Waals surface area contributed by atoms with Gasteiger partial charge in [-0.2, -0.15) is 0 Å². The third-order valence-electron chi connectivity index (χ3n) is 3.56. The summed E-state index contributed by atoms with van der Waals surface area (Å²) in [6, 6.07) is 6.97. The summed E-state index contributed by atoms with van der Waals surface area (Å²) in [6.45, 7) is 6.38. The normalized spacial score (nSPS) is 21.7. The third-order valence-corrected chi connectivity index (χ3v) is 3.56. The van der Waals surface area contributed by atoms with E-state index in [2.05, 4.69) is 0 Å². The molecule has 1 aliphatic rings. The minimum absolute atomic E-state index is 0.0806. The maximum atomic E-state index is 12.5. The van der Waals surface area contributed by atoms with Gasteiger partial charge in [0.25, 0.3) is 11.8 Å². The van der Waals surface area contributed by atoms with E-state index in [0.29, 0.717) is 18.7 Å². The molecule has 1 aromatic rings. The number of primary amides is 1. The van der Waals surface area contributed by atoms with Crippen molar-refractivity contribution in [3.63, 3.8) is 0 Å². The van der Waals surface area contributed by atoms with Gasteiger partial charge in [0.1, 0.15) is 5.75 Å². The number of nitrogens with two attached hydrogens (primary N) is 1. The number of hydrogen-bond acceptors (Lipinski definition) is 4. The van der Waals surface area contributed by atoms with E-state index in [4.69, 9.17) is 15.2 Å². The third kappa shape index (κ3) is 3.57. The molecule has 6 nitrogen and oxygen atoms in total. The van der Waals surface area contributed by atoms with Crippen LogP contribution in [-0.4, -0.2) is 48.1 Å². The van der Waals surface area contributed by atoms with Gasteiger partial charge in [0.2, 0.25) is 0 Å². The number of amides is 2. The molecule has 1 aliphatic heterocycles. The summed E-state index contributed by atoms with van der Waals surface area (Å²) in [6.07, 6.45) is 0.0806. The van der Waals surface area contributed by atoms with Crippen LogP contribution in [0.1, 0.15) is 31.1 Å². The quantitative estimate of drug-likeness (QED) is 0.906. The van der Waals surface area contributed by atoms with Gasteiger partial charge in [-0.1, -0.05) is 0 Å². The second kappa shape index (κ2) is 6.36. The van der Waals surface area contributed by atoms with Gasteiger partial charge in [-0.25, -0.2) is 0 Å². The molecule has 0 spiro atoms. The molecule has 0 aromatic heterocycles. The van der Waals surface area contributed by atoms with Gasteiger partial charge < -0.3 is 20.1 Å². The molecular formula is C16H22N2O4. The van der Waals surface area contributed by atoms with Crippen molar-refractivity contribution in [2.24, 2.45) is 5.73 Å². The topological polar surface area (TPSA) is 81.9 Å². The smallest absolute Gasteiger partial charge is 0.254 e. The Morgan fingerprint density at radius 1 is 1.32 bits per heavy atom. The Kier molecular flexibility index (Phi) is 4.71. The summed E-state index contributed by atoms with van der Waals surface area (Å²) in [5, 5.41) is 0. The zero-order valence-corrected chi connectivity index (χ0v) is 13.2. The Labute approximate surface area is 130 Å². The van der Waals surface area contributed by atoms with Crippen LogP contribution in [0.3, 0.4) is 0 Å². The Hall–Kier alpha value is -2.08. The number of nitrogens with zero attached hydrogens (tertiary/aromatic N) is 1. The largest absolute Gasteiger partial charge is 0.491 e. The van der Waals surface area contributed by atoms with Crippen molar-refractivity contribution in [3.05, 3.63) is 29.8 Å². The Bertz CT molecular complexity index is 556. The van der Waals surface area contributed by atoms with Crippen molar-refractivity contribution in [1.82, 2.24) is 4.90 Å². The van der Waals surface area contributed by atoms with Crippen LogP contribution in [-0.2, 0) is 9.53 Å². The molecule has 2 amide bonds. The SMILES string of the molecule is CC(C)Oc1ccc(C(=O)N2CCO[C@@](C)(C(N)=O)C2)cc1. The monoisotopic (exact) mass is 306 g/mol. The highest BCUT2D eigenvalue weighted by atomic mass is 16.5. The molecule has 1 fully saturated rings. The molecule has 0 saturated carbocycles. The molecule has 1 heterocycles. The van der Waals surface area contributed by atoms with E-state index in [1.807, 2.05) is 13.8 Å². The second-order valence-electron chi connectivity index (χ2n) is 5.86. The van der Waals surface area contributed by atoms with Crippen LogP contribution in [0.4, 0.5) is 0 Å². The van der Waals surface area contributed by atoms with Gasteiger partial charge in [-0.3, -0.25) is 9.59 Å². The first-order valence-electron chi connectivity index (χ1n) is 7.32. The fourth-order valence-electron chi connectivity index (χ4n) is 2.32. The lowest BCUT2D eigenvalue weighted by atomic mass is 10.0. The first-order valence-corrected chi connectivity index (χ1v) is 7.32. The van der Waals surface area contributed by atoms with Gasteiger partial charge in [0, 0.05) is 12.1 Å². The molecule has 2 N–H and O–H groups in total. The zero-order chi connectivity index (χ0) is 16.3. The van der Waals surface area contributed by atoms with E-state index in [9.17, 15) is 9.59 Å². The molecule has 0 aliphatic carbocycles. The molecule has 120 valence electrons.